The van der Waals surface area contributed by atoms with Crippen molar-refractivity contribution in [1.29, 1.82) is 0 Å². The summed E-state index contributed by atoms with van der Waals surface area (Å²) in [6.45, 7) is 9.71. The molecule has 1 aliphatic heterocycles. The molecule has 3 nitrogen and oxygen atoms in total. The molecule has 0 saturated heterocycles. The van der Waals surface area contributed by atoms with E-state index in [-0.39, 0.29) is 5.91 Å². The minimum Gasteiger partial charge on any atom is -0.343 e. The molecule has 1 rings (SSSR count). The Morgan fingerprint density at radius 3 is 2.25 bits per heavy atom. The van der Waals surface area contributed by atoms with Crippen LogP contribution in [0.2, 0.25) is 0 Å². The summed E-state index contributed by atoms with van der Waals surface area (Å²) in [5.74, 6) is 0.181. The molecular weight excluding hydrogens is 365 g/mol. The van der Waals surface area contributed by atoms with E-state index < -0.39 is 11.7 Å². The Morgan fingerprint density at radius 2 is 1.68 bits per heavy atom. The zero-order valence-electron chi connectivity index (χ0n) is 17.9. The van der Waals surface area contributed by atoms with Crippen LogP contribution in [0.3, 0.4) is 0 Å². The van der Waals surface area contributed by atoms with Gasteiger partial charge < -0.3 is 4.90 Å². The summed E-state index contributed by atoms with van der Waals surface area (Å²) in [4.78, 5) is 17.7. The Morgan fingerprint density at radius 1 is 1.04 bits per heavy atom. The van der Waals surface area contributed by atoms with Crippen LogP contribution in [0.5, 0.6) is 0 Å². The summed E-state index contributed by atoms with van der Waals surface area (Å²) in [5.41, 5.74) is 0.0660. The second-order valence-corrected chi connectivity index (χ2v) is 6.94. The van der Waals surface area contributed by atoms with Gasteiger partial charge in [-0.1, -0.05) is 52.7 Å². The number of amides is 1. The summed E-state index contributed by atoms with van der Waals surface area (Å²) in [6.07, 6.45) is 6.81. The molecule has 162 valence electrons. The Labute approximate surface area is 168 Å². The predicted octanol–water partition coefficient (Wildman–Crippen LogP) is 6.85. The van der Waals surface area contributed by atoms with Gasteiger partial charge in [-0.05, 0) is 38.5 Å². The average Bonchev–Trinajstić information content (AvgIpc) is 2.61. The fourth-order valence-corrected chi connectivity index (χ4v) is 2.74. The second kappa shape index (κ2) is 15.3. The van der Waals surface area contributed by atoms with E-state index in [4.69, 9.17) is 0 Å². The number of nitrogens with zero attached hydrogens (tertiary/aromatic N) is 2. The van der Waals surface area contributed by atoms with E-state index in [1.807, 2.05) is 17.9 Å². The van der Waals surface area contributed by atoms with Crippen molar-refractivity contribution in [3.05, 3.63) is 23.4 Å². The summed E-state index contributed by atoms with van der Waals surface area (Å²) in [6, 6.07) is 0. The minimum absolute atomic E-state index is 0.181. The van der Waals surface area contributed by atoms with E-state index in [2.05, 4.69) is 25.8 Å². The van der Waals surface area contributed by atoms with Crippen LogP contribution in [-0.4, -0.2) is 36.3 Å². The zero-order chi connectivity index (χ0) is 21.4. The average molecular weight is 403 g/mol. The van der Waals surface area contributed by atoms with Gasteiger partial charge in [-0.25, -0.2) is 0 Å². The van der Waals surface area contributed by atoms with Crippen LogP contribution in [0, 0.1) is 0 Å². The number of alkyl halides is 3. The number of allylic oxidation sites excluding steroid dienone is 4. The number of unbranched alkanes of at least 4 members (excludes halogenated alkanes) is 2. The lowest BCUT2D eigenvalue weighted by atomic mass is 10.1. The van der Waals surface area contributed by atoms with Crippen LogP contribution < -0.4 is 0 Å². The number of carbonyl (C=O) groups excluding carboxylic acids is 1. The molecule has 0 aromatic rings. The fraction of sp³-hybridized carbons (Fsp3) is 0.727. The molecule has 0 fully saturated rings. The highest BCUT2D eigenvalue weighted by Crippen LogP contribution is 2.26. The zero-order valence-corrected chi connectivity index (χ0v) is 17.9. The molecular formula is C22H37F3N2O. The minimum atomic E-state index is -4.33. The molecule has 0 saturated carbocycles. The molecule has 0 aromatic heterocycles. The van der Waals surface area contributed by atoms with E-state index in [1.165, 1.54) is 12.5 Å². The summed E-state index contributed by atoms with van der Waals surface area (Å²) in [7, 11) is 0. The summed E-state index contributed by atoms with van der Waals surface area (Å²) in [5, 5.41) is 0. The number of hydrogen-bond donors (Lipinski definition) is 0. The number of carbonyl (C=O) groups is 1. The molecule has 0 radical (unpaired) electrons. The van der Waals surface area contributed by atoms with Crippen molar-refractivity contribution in [2.24, 2.45) is 4.99 Å². The van der Waals surface area contributed by atoms with Crippen LogP contribution >= 0.6 is 0 Å². The fourth-order valence-electron chi connectivity index (χ4n) is 2.74. The molecule has 28 heavy (non-hydrogen) atoms. The summed E-state index contributed by atoms with van der Waals surface area (Å²) < 4.78 is 38.3. The highest BCUT2D eigenvalue weighted by atomic mass is 19.4. The lowest BCUT2D eigenvalue weighted by Crippen LogP contribution is -2.32. The van der Waals surface area contributed by atoms with Crippen molar-refractivity contribution in [2.75, 3.05) is 13.1 Å². The maximum absolute atomic E-state index is 12.8. The van der Waals surface area contributed by atoms with Gasteiger partial charge in [0.15, 0.2) is 0 Å². The van der Waals surface area contributed by atoms with Gasteiger partial charge in [0.25, 0.3) is 0 Å². The van der Waals surface area contributed by atoms with Crippen molar-refractivity contribution in [3.63, 3.8) is 0 Å². The van der Waals surface area contributed by atoms with Crippen molar-refractivity contribution >= 4 is 12.1 Å². The Balaban J connectivity index is 0.00000227. The van der Waals surface area contributed by atoms with E-state index in [0.717, 1.165) is 50.7 Å². The standard InChI is InChI=1S/C19H29F3N2O.C3H8/c1-3-13-24(18(25)4-2)14-9-5-6-11-17-12-8-7-10-16(15-23-17)19(20,21)22;1-3-2/h10,12,15H,3-9,11,13-14H2,1-2H3;3H2,1-2H3/b16-10+,17-12-,23-15+;. The van der Waals surface area contributed by atoms with Crippen molar-refractivity contribution in [2.45, 2.75) is 91.7 Å². The van der Waals surface area contributed by atoms with Gasteiger partial charge in [-0.3, -0.25) is 9.79 Å². The van der Waals surface area contributed by atoms with Crippen LogP contribution in [0.15, 0.2) is 28.4 Å². The quantitative estimate of drug-likeness (QED) is 0.388. The molecule has 1 aliphatic rings. The molecule has 1 amide bonds. The molecule has 0 bridgehead atoms. The first-order valence-corrected chi connectivity index (χ1v) is 10.6. The van der Waals surface area contributed by atoms with Gasteiger partial charge in [0, 0.05) is 31.4 Å². The predicted molar refractivity (Wildman–Crippen MR) is 112 cm³/mol. The van der Waals surface area contributed by atoms with Gasteiger partial charge in [0.2, 0.25) is 5.91 Å². The second-order valence-electron chi connectivity index (χ2n) is 6.94. The van der Waals surface area contributed by atoms with Gasteiger partial charge >= 0.3 is 6.18 Å². The first-order chi connectivity index (χ1) is 13.3. The van der Waals surface area contributed by atoms with Crippen LogP contribution in [0.25, 0.3) is 0 Å². The normalized spacial score (nSPS) is 19.1. The highest BCUT2D eigenvalue weighted by Gasteiger charge is 2.32. The van der Waals surface area contributed by atoms with Crippen molar-refractivity contribution in [1.82, 2.24) is 4.90 Å². The lowest BCUT2D eigenvalue weighted by Gasteiger charge is -2.21. The molecule has 0 aromatic carbocycles. The third-order valence-electron chi connectivity index (χ3n) is 4.12. The number of hydrogen-bond acceptors (Lipinski definition) is 2. The van der Waals surface area contributed by atoms with Crippen molar-refractivity contribution < 1.29 is 18.0 Å². The van der Waals surface area contributed by atoms with Gasteiger partial charge in [0.1, 0.15) is 0 Å². The highest BCUT2D eigenvalue weighted by molar-refractivity contribution is 5.81. The van der Waals surface area contributed by atoms with E-state index in [1.54, 1.807) is 0 Å². The number of aliphatic imine (C=N–C) groups is 1. The van der Waals surface area contributed by atoms with Crippen molar-refractivity contribution in [3.8, 4) is 0 Å². The lowest BCUT2D eigenvalue weighted by molar-refractivity contribution is -0.131. The Bertz CT molecular complexity index is 522. The third kappa shape index (κ3) is 12.0. The first kappa shape index (κ1) is 26.4. The first-order valence-electron chi connectivity index (χ1n) is 10.6. The van der Waals surface area contributed by atoms with Gasteiger partial charge in [0.05, 0.1) is 5.57 Å². The van der Waals surface area contributed by atoms with E-state index in [0.29, 0.717) is 25.7 Å². The van der Waals surface area contributed by atoms with Crippen LogP contribution in [-0.2, 0) is 4.79 Å². The molecule has 6 heteroatoms. The third-order valence-corrected chi connectivity index (χ3v) is 4.12. The molecule has 0 N–H and O–H groups in total. The monoisotopic (exact) mass is 402 g/mol. The summed E-state index contributed by atoms with van der Waals surface area (Å²) >= 11 is 0. The molecule has 1 heterocycles. The van der Waals surface area contributed by atoms with Gasteiger partial charge in [-0.15, -0.1) is 0 Å². The molecule has 0 atom stereocenters. The number of halogens is 3. The largest absolute Gasteiger partial charge is 0.417 e. The molecule has 0 aliphatic carbocycles. The van der Waals surface area contributed by atoms with Gasteiger partial charge in [-0.2, -0.15) is 13.2 Å². The van der Waals surface area contributed by atoms with E-state index in [9.17, 15) is 18.0 Å². The maximum Gasteiger partial charge on any atom is 0.417 e. The topological polar surface area (TPSA) is 32.7 Å². The molecule has 0 unspecified atom stereocenters. The maximum atomic E-state index is 12.8. The van der Waals surface area contributed by atoms with E-state index >= 15 is 0 Å². The van der Waals surface area contributed by atoms with Crippen LogP contribution in [0.1, 0.15) is 85.5 Å². The Kier molecular flexibility index (Phi) is 14.5. The SMILES string of the molecule is CCC.CCCN(CCCCCC1=C\CC\C=C(C(F)(F)F)/C=N/1)C(=O)CC. The van der Waals surface area contributed by atoms with Crippen LogP contribution in [0.4, 0.5) is 13.2 Å². The Hall–Kier alpha value is -1.59. The number of rotatable bonds is 9. The molecule has 0 spiro atoms. The smallest absolute Gasteiger partial charge is 0.343 e.